The normalized spacial score (nSPS) is 15.8. The van der Waals surface area contributed by atoms with Crippen molar-refractivity contribution in [2.75, 3.05) is 33.4 Å². The van der Waals surface area contributed by atoms with E-state index in [0.717, 1.165) is 57.7 Å². The van der Waals surface area contributed by atoms with E-state index in [1.807, 2.05) is 30.0 Å². The lowest BCUT2D eigenvalue weighted by Crippen LogP contribution is -2.30. The van der Waals surface area contributed by atoms with Gasteiger partial charge < -0.3 is 19.8 Å². The van der Waals surface area contributed by atoms with E-state index in [-0.39, 0.29) is 14.0 Å². The summed E-state index contributed by atoms with van der Waals surface area (Å²) in [6.07, 6.45) is 4.37. The summed E-state index contributed by atoms with van der Waals surface area (Å²) in [6.45, 7) is 5.78. The van der Waals surface area contributed by atoms with Crippen LogP contribution in [0.2, 0.25) is 0 Å². The molecule has 1 aromatic heterocycles. The number of aromatic nitrogens is 2. The minimum absolute atomic E-state index is 0. The van der Waals surface area contributed by atoms with E-state index in [1.54, 1.807) is 7.11 Å². The summed E-state index contributed by atoms with van der Waals surface area (Å²) in [5.41, 5.74) is 0.613. The van der Waals surface area contributed by atoms with Crippen molar-refractivity contribution in [2.24, 2.45) is 5.92 Å². The summed E-state index contributed by atoms with van der Waals surface area (Å²) < 4.78 is 11.2. The number of hydrogen-bond acceptors (Lipinski definition) is 6. The fourth-order valence-electron chi connectivity index (χ4n) is 3.44. The summed E-state index contributed by atoms with van der Waals surface area (Å²) in [5, 5.41) is 4.48. The van der Waals surface area contributed by atoms with Crippen molar-refractivity contribution in [3.05, 3.63) is 34.4 Å². The Morgan fingerprint density at radius 2 is 2.10 bits per heavy atom. The number of aromatic amines is 1. The van der Waals surface area contributed by atoms with Crippen LogP contribution in [0.25, 0.3) is 10.9 Å². The fraction of sp³-hybridized carbons (Fsp3) is 0.619. The third kappa shape index (κ3) is 7.05. The van der Waals surface area contributed by atoms with Gasteiger partial charge in [0.15, 0.2) is 0 Å². The highest BCUT2D eigenvalue weighted by Crippen LogP contribution is 2.23. The quantitative estimate of drug-likeness (QED) is 0.580. The van der Waals surface area contributed by atoms with Gasteiger partial charge in [-0.2, -0.15) is 11.8 Å². The summed E-state index contributed by atoms with van der Waals surface area (Å²) in [4.78, 5) is 20.0. The average molecular weight is 416 g/mol. The number of rotatable bonds is 10. The van der Waals surface area contributed by atoms with Gasteiger partial charge in [0.1, 0.15) is 11.6 Å². The Hall–Kier alpha value is -1.51. The fourth-order valence-corrected chi connectivity index (χ4v) is 4.47. The van der Waals surface area contributed by atoms with Gasteiger partial charge in [0.25, 0.3) is 5.56 Å². The minimum Gasteiger partial charge on any atom is -0.493 e. The molecule has 1 fully saturated rings. The molecule has 1 unspecified atom stereocenters. The number of hydrogen-bond donors (Lipinski definition) is 2. The SMILES string of the molecule is CCC(CCOC)SCc1nc2cc(OCC3CCNCC3)ccc2c(=O)[nH]1.[B]. The largest absolute Gasteiger partial charge is 0.493 e. The van der Waals surface area contributed by atoms with E-state index < -0.39 is 0 Å². The number of nitrogens with one attached hydrogen (secondary N) is 2. The molecule has 1 saturated heterocycles. The highest BCUT2D eigenvalue weighted by Gasteiger charge is 2.14. The Balaban J connectivity index is 0.00000300. The predicted octanol–water partition coefficient (Wildman–Crippen LogP) is 2.97. The van der Waals surface area contributed by atoms with Crippen LogP contribution < -0.4 is 15.6 Å². The van der Waals surface area contributed by atoms with Crippen LogP contribution in [0.1, 0.15) is 38.4 Å². The van der Waals surface area contributed by atoms with Crippen LogP contribution in [0, 0.1) is 5.92 Å². The van der Waals surface area contributed by atoms with Gasteiger partial charge in [0.05, 0.1) is 23.3 Å². The molecule has 0 aliphatic carbocycles. The van der Waals surface area contributed by atoms with Gasteiger partial charge in [-0.25, -0.2) is 4.98 Å². The Kier molecular flexibility index (Phi) is 10.0. The summed E-state index contributed by atoms with van der Waals surface area (Å²) >= 11 is 1.82. The monoisotopic (exact) mass is 416 g/mol. The molecule has 0 spiro atoms. The smallest absolute Gasteiger partial charge is 0.258 e. The molecule has 2 N–H and O–H groups in total. The molecule has 1 aliphatic rings. The first-order valence-electron chi connectivity index (χ1n) is 10.2. The van der Waals surface area contributed by atoms with Crippen LogP contribution in [-0.2, 0) is 10.5 Å². The molecule has 29 heavy (non-hydrogen) atoms. The van der Waals surface area contributed by atoms with Crippen molar-refractivity contribution in [3.63, 3.8) is 0 Å². The molecule has 2 aromatic rings. The second-order valence-electron chi connectivity index (χ2n) is 7.32. The number of fused-ring (bicyclic) bond motifs is 1. The van der Waals surface area contributed by atoms with Crippen molar-refractivity contribution in [3.8, 4) is 5.75 Å². The molecule has 0 bridgehead atoms. The zero-order chi connectivity index (χ0) is 19.8. The van der Waals surface area contributed by atoms with Crippen LogP contribution in [0.15, 0.2) is 23.0 Å². The van der Waals surface area contributed by atoms with Gasteiger partial charge in [-0.05, 0) is 56.8 Å². The lowest BCUT2D eigenvalue weighted by Gasteiger charge is -2.22. The molecule has 8 heteroatoms. The number of piperidine rings is 1. The predicted molar refractivity (Wildman–Crippen MR) is 121 cm³/mol. The Bertz CT molecular complexity index is 811. The van der Waals surface area contributed by atoms with Gasteiger partial charge in [-0.15, -0.1) is 0 Å². The molecular formula is C21H31BN3O3S. The lowest BCUT2D eigenvalue weighted by atomic mass is 9.99. The van der Waals surface area contributed by atoms with Gasteiger partial charge >= 0.3 is 0 Å². The van der Waals surface area contributed by atoms with Crippen LogP contribution in [0.5, 0.6) is 5.75 Å². The van der Waals surface area contributed by atoms with Crippen molar-refractivity contribution < 1.29 is 9.47 Å². The molecule has 1 aromatic carbocycles. The van der Waals surface area contributed by atoms with E-state index in [9.17, 15) is 4.79 Å². The third-order valence-corrected chi connectivity index (χ3v) is 6.71. The van der Waals surface area contributed by atoms with E-state index in [0.29, 0.717) is 33.6 Å². The maximum Gasteiger partial charge on any atom is 0.258 e. The summed E-state index contributed by atoms with van der Waals surface area (Å²) in [5.74, 6) is 2.78. The maximum atomic E-state index is 12.4. The molecule has 6 nitrogen and oxygen atoms in total. The second-order valence-corrected chi connectivity index (χ2v) is 8.61. The van der Waals surface area contributed by atoms with E-state index >= 15 is 0 Å². The molecule has 157 valence electrons. The third-order valence-electron chi connectivity index (χ3n) is 5.23. The maximum absolute atomic E-state index is 12.4. The number of nitrogens with zero attached hydrogens (tertiary/aromatic N) is 1. The highest BCUT2D eigenvalue weighted by molar-refractivity contribution is 7.99. The van der Waals surface area contributed by atoms with Gasteiger partial charge in [-0.3, -0.25) is 4.79 Å². The Morgan fingerprint density at radius 1 is 1.31 bits per heavy atom. The number of H-pyrrole nitrogens is 1. The Morgan fingerprint density at radius 3 is 2.83 bits per heavy atom. The zero-order valence-electron chi connectivity index (χ0n) is 17.4. The molecule has 1 aliphatic heterocycles. The summed E-state index contributed by atoms with van der Waals surface area (Å²) in [7, 11) is 1.73. The number of methoxy groups -OCH3 is 1. The van der Waals surface area contributed by atoms with Crippen molar-refractivity contribution in [1.82, 2.24) is 15.3 Å². The summed E-state index contributed by atoms with van der Waals surface area (Å²) in [6, 6.07) is 5.57. The molecule has 0 saturated carbocycles. The van der Waals surface area contributed by atoms with Gasteiger partial charge in [-0.1, -0.05) is 6.92 Å². The van der Waals surface area contributed by atoms with Crippen molar-refractivity contribution in [2.45, 2.75) is 43.6 Å². The van der Waals surface area contributed by atoms with Crippen LogP contribution in [0.3, 0.4) is 0 Å². The molecule has 2 heterocycles. The van der Waals surface area contributed by atoms with Crippen LogP contribution >= 0.6 is 11.8 Å². The van der Waals surface area contributed by atoms with E-state index in [2.05, 4.69) is 22.2 Å². The zero-order valence-corrected chi connectivity index (χ0v) is 18.2. The van der Waals surface area contributed by atoms with E-state index in [4.69, 9.17) is 9.47 Å². The highest BCUT2D eigenvalue weighted by atomic mass is 32.2. The molecular weight excluding hydrogens is 385 g/mol. The number of benzene rings is 1. The Labute approximate surface area is 179 Å². The molecule has 3 rings (SSSR count). The average Bonchev–Trinajstić information content (AvgIpc) is 2.73. The topological polar surface area (TPSA) is 76.2 Å². The van der Waals surface area contributed by atoms with Crippen LogP contribution in [0.4, 0.5) is 0 Å². The molecule has 1 atom stereocenters. The van der Waals surface area contributed by atoms with E-state index in [1.165, 1.54) is 0 Å². The molecule has 0 amide bonds. The van der Waals surface area contributed by atoms with Gasteiger partial charge in [0, 0.05) is 33.4 Å². The van der Waals surface area contributed by atoms with Crippen molar-refractivity contribution in [1.29, 1.82) is 0 Å². The minimum atomic E-state index is -0.0876. The second kappa shape index (κ2) is 12.2. The van der Waals surface area contributed by atoms with Crippen molar-refractivity contribution >= 4 is 31.1 Å². The first kappa shape index (κ1) is 23.8. The number of thioether (sulfide) groups is 1. The van der Waals surface area contributed by atoms with Crippen LogP contribution in [-0.4, -0.2) is 57.0 Å². The first-order chi connectivity index (χ1) is 13.7. The lowest BCUT2D eigenvalue weighted by molar-refractivity contribution is 0.194. The van der Waals surface area contributed by atoms with Gasteiger partial charge in [0.2, 0.25) is 0 Å². The molecule has 3 radical (unpaired) electrons. The number of ether oxygens (including phenoxy) is 2. The first-order valence-corrected chi connectivity index (χ1v) is 11.2. The standard InChI is InChI=1S/C21H31N3O3S.B/c1-3-17(8-11-26-2)28-14-20-23-19-12-16(4-5-18(19)21(25)24-20)27-13-15-6-9-22-10-7-15;/h4-5,12,15,17,22H,3,6-11,13-14H2,1-2H3,(H,23,24,25);.